The summed E-state index contributed by atoms with van der Waals surface area (Å²) in [6.07, 6.45) is 11.4. The van der Waals surface area contributed by atoms with Gasteiger partial charge >= 0.3 is 5.97 Å². The van der Waals surface area contributed by atoms with Crippen molar-refractivity contribution >= 4 is 11.8 Å². The number of furan rings is 1. The molecule has 6 rings (SSSR count). The van der Waals surface area contributed by atoms with Crippen molar-refractivity contribution in [3.8, 4) is 0 Å². The number of esters is 1. The Morgan fingerprint density at radius 2 is 1.84 bits per heavy atom. The van der Waals surface area contributed by atoms with Crippen LogP contribution in [0.3, 0.4) is 0 Å². The molecule has 0 N–H and O–H groups in total. The Morgan fingerprint density at radius 1 is 1.03 bits per heavy atom. The van der Waals surface area contributed by atoms with Gasteiger partial charge in [-0.2, -0.15) is 0 Å². The van der Waals surface area contributed by atoms with E-state index in [9.17, 15) is 9.59 Å². The molecule has 1 saturated heterocycles. The monoisotopic (exact) mass is 434 g/mol. The highest BCUT2D eigenvalue weighted by Gasteiger charge is 2.68. The smallest absolute Gasteiger partial charge is 0.306 e. The predicted molar refractivity (Wildman–Crippen MR) is 121 cm³/mol. The van der Waals surface area contributed by atoms with E-state index in [4.69, 9.17) is 9.15 Å². The molecule has 0 bridgehead atoms. The summed E-state index contributed by atoms with van der Waals surface area (Å²) in [4.78, 5) is 24.7. The van der Waals surface area contributed by atoms with Crippen molar-refractivity contribution in [2.24, 2.45) is 22.7 Å². The molecule has 0 radical (unpaired) electrons. The quantitative estimate of drug-likeness (QED) is 0.403. The number of fused-ring (bicyclic) bond motifs is 6. The van der Waals surface area contributed by atoms with Crippen LogP contribution in [0.4, 0.5) is 0 Å². The normalized spacial score (nSPS) is 45.1. The van der Waals surface area contributed by atoms with Crippen molar-refractivity contribution in [1.29, 1.82) is 0 Å². The second-order valence-electron chi connectivity index (χ2n) is 11.8. The van der Waals surface area contributed by atoms with Crippen LogP contribution in [-0.4, -0.2) is 17.4 Å². The molecule has 170 valence electrons. The van der Waals surface area contributed by atoms with Crippen LogP contribution < -0.4 is 0 Å². The van der Waals surface area contributed by atoms with Crippen LogP contribution in [0.2, 0.25) is 0 Å². The lowest BCUT2D eigenvalue weighted by molar-refractivity contribution is -0.160. The highest BCUT2D eigenvalue weighted by atomic mass is 16.6. The average Bonchev–Trinajstić information content (AvgIpc) is 3.42. The molecule has 1 aliphatic heterocycles. The maximum absolute atomic E-state index is 12.5. The summed E-state index contributed by atoms with van der Waals surface area (Å²) in [5.74, 6) is 2.93. The Bertz CT molecular complexity index is 1090. The van der Waals surface area contributed by atoms with E-state index >= 15 is 0 Å². The number of carbonyl (C=O) groups is 2. The van der Waals surface area contributed by atoms with Gasteiger partial charge in [-0.15, -0.1) is 0 Å². The second-order valence-corrected chi connectivity index (χ2v) is 11.8. The van der Waals surface area contributed by atoms with E-state index in [-0.39, 0.29) is 33.7 Å². The topological polar surface area (TPSA) is 56.5 Å². The molecule has 6 atom stereocenters. The largest absolute Gasteiger partial charge is 0.465 e. The Labute approximate surface area is 190 Å². The second kappa shape index (κ2) is 6.27. The average molecular weight is 435 g/mol. The molecule has 5 aliphatic rings. The molecule has 0 aromatic carbocycles. The fourth-order valence-corrected chi connectivity index (χ4v) is 8.37. The van der Waals surface area contributed by atoms with Gasteiger partial charge in [0, 0.05) is 36.0 Å². The molecule has 1 aromatic heterocycles. The summed E-state index contributed by atoms with van der Waals surface area (Å²) >= 11 is 0. The van der Waals surface area contributed by atoms with Crippen molar-refractivity contribution in [1.82, 2.24) is 0 Å². The molecule has 4 aliphatic carbocycles. The predicted octanol–water partition coefficient (Wildman–Crippen LogP) is 5.98. The number of hydrogen-bond donors (Lipinski definition) is 0. The summed E-state index contributed by atoms with van der Waals surface area (Å²) < 4.78 is 12.4. The van der Waals surface area contributed by atoms with E-state index < -0.39 is 0 Å². The lowest BCUT2D eigenvalue weighted by Gasteiger charge is -2.58. The van der Waals surface area contributed by atoms with Gasteiger partial charge in [0.25, 0.3) is 0 Å². The van der Waals surface area contributed by atoms with Crippen LogP contribution in [0.15, 0.2) is 39.8 Å². The number of carbonyl (C=O) groups excluding carboxylic acids is 2. The molecule has 1 spiro atoms. The fraction of sp³-hybridized carbons (Fsp3) is 0.643. The number of Topliss-reactive ketones (excluding diaryl/α,β-unsaturated/α-hetero) is 1. The van der Waals surface area contributed by atoms with E-state index in [1.807, 2.05) is 6.92 Å². The Hall–Kier alpha value is -2.10. The Morgan fingerprint density at radius 3 is 2.53 bits per heavy atom. The Balaban J connectivity index is 1.55. The Kier molecular flexibility index (Phi) is 4.02. The molecular formula is C28H34O4. The zero-order valence-corrected chi connectivity index (χ0v) is 19.8. The summed E-state index contributed by atoms with van der Waals surface area (Å²) in [5.41, 5.74) is 2.02. The van der Waals surface area contributed by atoms with Crippen molar-refractivity contribution < 1.29 is 18.7 Å². The zero-order chi connectivity index (χ0) is 22.5. The third kappa shape index (κ3) is 2.39. The molecule has 0 unspecified atom stereocenters. The first-order valence-corrected chi connectivity index (χ1v) is 12.3. The molecule has 4 nitrogen and oxygen atoms in total. The number of ketones is 1. The SMILES string of the molecule is Cc1ccc([C@]2(C)C=C3CC(=O)CC[C@]3(C)C3=CC[C@@]4(C)[C@@H](CC[C@@]45CCC(=O)O5)[C@@H]32)o1. The number of rotatable bonds is 1. The van der Waals surface area contributed by atoms with Gasteiger partial charge in [0.05, 0.1) is 5.41 Å². The molecule has 2 saturated carbocycles. The first kappa shape index (κ1) is 20.5. The lowest BCUT2D eigenvalue weighted by atomic mass is 9.45. The molecule has 32 heavy (non-hydrogen) atoms. The summed E-state index contributed by atoms with van der Waals surface area (Å²) in [5, 5.41) is 0. The van der Waals surface area contributed by atoms with Crippen LogP contribution in [0.1, 0.15) is 83.7 Å². The van der Waals surface area contributed by atoms with E-state index in [1.54, 1.807) is 0 Å². The maximum atomic E-state index is 12.5. The van der Waals surface area contributed by atoms with Crippen LogP contribution in [0, 0.1) is 29.6 Å². The van der Waals surface area contributed by atoms with Crippen molar-refractivity contribution in [2.45, 2.75) is 90.1 Å². The minimum Gasteiger partial charge on any atom is -0.465 e. The summed E-state index contributed by atoms with van der Waals surface area (Å²) in [7, 11) is 0. The molecule has 2 heterocycles. The van der Waals surface area contributed by atoms with E-state index in [0.29, 0.717) is 31.0 Å². The molecule has 0 amide bonds. The van der Waals surface area contributed by atoms with Gasteiger partial charge in [-0.05, 0) is 64.0 Å². The minimum absolute atomic E-state index is 0.0327. The summed E-state index contributed by atoms with van der Waals surface area (Å²) in [6, 6.07) is 4.18. The standard InChI is InChI=1S/C28H34O4/c1-17-5-6-22(31-17)26(3)16-18-15-19(29)7-11-25(18,2)20-8-12-27(4)21(24(20)26)9-13-28(27)14-10-23(30)32-28/h5-6,8,16,21,24H,7,9-15H2,1-4H3/t21-,24+,25-,26-,27-,28+/m0/s1. The fourth-order valence-electron chi connectivity index (χ4n) is 8.37. The molecule has 3 fully saturated rings. The van der Waals surface area contributed by atoms with E-state index in [0.717, 1.165) is 43.6 Å². The van der Waals surface area contributed by atoms with Crippen LogP contribution in [-0.2, 0) is 19.7 Å². The van der Waals surface area contributed by atoms with Gasteiger partial charge in [-0.3, -0.25) is 9.59 Å². The molecule has 1 aromatic rings. The highest BCUT2D eigenvalue weighted by Crippen LogP contribution is 2.70. The van der Waals surface area contributed by atoms with Gasteiger partial charge in [-0.1, -0.05) is 37.1 Å². The van der Waals surface area contributed by atoms with Gasteiger partial charge in [0.15, 0.2) is 0 Å². The maximum Gasteiger partial charge on any atom is 0.306 e. The van der Waals surface area contributed by atoms with E-state index in [2.05, 4.69) is 45.1 Å². The third-order valence-corrected chi connectivity index (χ3v) is 10.3. The third-order valence-electron chi connectivity index (χ3n) is 10.3. The summed E-state index contributed by atoms with van der Waals surface area (Å²) in [6.45, 7) is 9.05. The van der Waals surface area contributed by atoms with Crippen LogP contribution >= 0.6 is 0 Å². The number of allylic oxidation sites excluding steroid dienone is 4. The van der Waals surface area contributed by atoms with Gasteiger partial charge < -0.3 is 9.15 Å². The zero-order valence-electron chi connectivity index (χ0n) is 19.8. The van der Waals surface area contributed by atoms with Gasteiger partial charge in [-0.25, -0.2) is 0 Å². The lowest BCUT2D eigenvalue weighted by Crippen LogP contribution is -2.55. The van der Waals surface area contributed by atoms with E-state index in [1.165, 1.54) is 11.1 Å². The minimum atomic E-state index is -0.329. The van der Waals surface area contributed by atoms with Gasteiger partial charge in [0.2, 0.25) is 0 Å². The van der Waals surface area contributed by atoms with Crippen LogP contribution in [0.25, 0.3) is 0 Å². The number of aryl methyl sites for hydroxylation is 1. The molecule has 4 heteroatoms. The van der Waals surface area contributed by atoms with Crippen molar-refractivity contribution in [2.75, 3.05) is 0 Å². The first-order chi connectivity index (χ1) is 15.1. The first-order valence-electron chi connectivity index (χ1n) is 12.3. The van der Waals surface area contributed by atoms with Crippen molar-refractivity contribution in [3.05, 3.63) is 47.0 Å². The highest BCUT2D eigenvalue weighted by molar-refractivity contribution is 5.83. The van der Waals surface area contributed by atoms with Crippen LogP contribution in [0.5, 0.6) is 0 Å². The van der Waals surface area contributed by atoms with Crippen molar-refractivity contribution in [3.63, 3.8) is 0 Å². The number of ether oxygens (including phenoxy) is 1. The number of hydrogen-bond acceptors (Lipinski definition) is 4. The molecular weight excluding hydrogens is 400 g/mol. The van der Waals surface area contributed by atoms with Gasteiger partial charge in [0.1, 0.15) is 22.9 Å².